The van der Waals surface area contributed by atoms with E-state index in [9.17, 15) is 4.79 Å². The van der Waals surface area contributed by atoms with Gasteiger partial charge < -0.3 is 5.32 Å². The molecule has 2 aromatic rings. The number of rotatable bonds is 2. The maximum atomic E-state index is 12.0. The molecule has 0 aliphatic carbocycles. The largest absolute Gasteiger partial charge is 0.306 e. The molecule has 0 fully saturated rings. The molecule has 0 saturated heterocycles. The summed E-state index contributed by atoms with van der Waals surface area (Å²) >= 11 is 17.4. The molecule has 0 bridgehead atoms. The Morgan fingerprint density at radius 1 is 1.11 bits per heavy atom. The van der Waals surface area contributed by atoms with Crippen molar-refractivity contribution in [2.24, 2.45) is 0 Å². The fraction of sp³-hybridized carbons (Fsp3) is 0. The van der Waals surface area contributed by atoms with Gasteiger partial charge in [0.05, 0.1) is 15.6 Å². The first-order valence-corrected chi connectivity index (χ1v) is 5.95. The Balaban J connectivity index is 2.28. The number of hydrogen-bond donors (Lipinski definition) is 1. The molecule has 0 aliphatic heterocycles. The van der Waals surface area contributed by atoms with Crippen molar-refractivity contribution in [3.05, 3.63) is 51.4 Å². The average molecular weight is 303 g/mol. The van der Waals surface area contributed by atoms with E-state index in [1.807, 2.05) is 0 Å². The second kappa shape index (κ2) is 5.52. The van der Waals surface area contributed by atoms with Crippen LogP contribution in [0.15, 0.2) is 30.5 Å². The van der Waals surface area contributed by atoms with Crippen molar-refractivity contribution in [2.75, 3.05) is 5.32 Å². The third-order valence-electron chi connectivity index (χ3n) is 2.06. The molecule has 92 valence electrons. The lowest BCUT2D eigenvalue weighted by Crippen LogP contribution is -2.14. The Morgan fingerprint density at radius 2 is 1.78 bits per heavy atom. The van der Waals surface area contributed by atoms with E-state index in [1.54, 1.807) is 18.2 Å². The Bertz CT molecular complexity index is 584. The lowest BCUT2D eigenvalue weighted by atomic mass is 10.2. The fourth-order valence-electron chi connectivity index (χ4n) is 1.30. The molecule has 2 rings (SSSR count). The number of carbonyl (C=O) groups is 1. The van der Waals surface area contributed by atoms with E-state index >= 15 is 0 Å². The molecule has 1 aromatic heterocycles. The van der Waals surface area contributed by atoms with Crippen molar-refractivity contribution < 1.29 is 4.79 Å². The van der Waals surface area contributed by atoms with Gasteiger partial charge in [0.1, 0.15) is 5.82 Å². The number of nitrogens with zero attached hydrogens (tertiary/aromatic N) is 2. The Kier molecular flexibility index (Phi) is 4.01. The number of hydrogen-bond acceptors (Lipinski definition) is 3. The highest BCUT2D eigenvalue weighted by atomic mass is 35.5. The zero-order valence-electron chi connectivity index (χ0n) is 8.82. The minimum absolute atomic E-state index is 0.0399. The van der Waals surface area contributed by atoms with Crippen molar-refractivity contribution in [1.29, 1.82) is 0 Å². The second-order valence-corrected chi connectivity index (χ2v) is 4.41. The zero-order valence-corrected chi connectivity index (χ0v) is 11.1. The molecule has 1 aromatic carbocycles. The van der Waals surface area contributed by atoms with E-state index in [2.05, 4.69) is 15.3 Å². The van der Waals surface area contributed by atoms with Crippen LogP contribution in [0.3, 0.4) is 0 Å². The van der Waals surface area contributed by atoms with E-state index in [-0.39, 0.29) is 26.7 Å². The number of aromatic nitrogens is 2. The first-order chi connectivity index (χ1) is 8.58. The summed E-state index contributed by atoms with van der Waals surface area (Å²) in [4.78, 5) is 19.5. The summed E-state index contributed by atoms with van der Waals surface area (Å²) in [5.74, 6) is -0.184. The normalized spacial score (nSPS) is 10.2. The molecular formula is C11H6Cl3N3O. The van der Waals surface area contributed by atoms with Crippen molar-refractivity contribution in [3.63, 3.8) is 0 Å². The van der Waals surface area contributed by atoms with Crippen LogP contribution < -0.4 is 5.32 Å². The van der Waals surface area contributed by atoms with Crippen LogP contribution in [0.5, 0.6) is 0 Å². The molecule has 18 heavy (non-hydrogen) atoms. The van der Waals surface area contributed by atoms with Gasteiger partial charge >= 0.3 is 0 Å². The summed E-state index contributed by atoms with van der Waals surface area (Å²) < 4.78 is 0. The number of amides is 1. The van der Waals surface area contributed by atoms with Crippen molar-refractivity contribution >= 4 is 46.5 Å². The number of nitrogens with one attached hydrogen (secondary N) is 1. The van der Waals surface area contributed by atoms with Crippen molar-refractivity contribution in [1.82, 2.24) is 9.97 Å². The number of halogens is 3. The van der Waals surface area contributed by atoms with Crippen LogP contribution in [0, 0.1) is 0 Å². The smallest absolute Gasteiger partial charge is 0.259 e. The highest BCUT2D eigenvalue weighted by molar-refractivity contribution is 6.40. The Hall–Kier alpha value is -1.36. The Morgan fingerprint density at radius 3 is 2.39 bits per heavy atom. The van der Waals surface area contributed by atoms with Crippen molar-refractivity contribution in [2.45, 2.75) is 0 Å². The quantitative estimate of drug-likeness (QED) is 0.861. The van der Waals surface area contributed by atoms with Gasteiger partial charge in [-0.3, -0.25) is 4.79 Å². The summed E-state index contributed by atoms with van der Waals surface area (Å²) in [5.41, 5.74) is 0.190. The van der Waals surface area contributed by atoms with Gasteiger partial charge in [-0.2, -0.15) is 0 Å². The van der Waals surface area contributed by atoms with E-state index < -0.39 is 5.91 Å². The standard InChI is InChI=1S/C11H6Cl3N3O/c12-6-2-1-3-7(13)9(6)10(18)16-8-4-5-15-11(14)17-8/h1-5H,(H,15,16,17,18). The van der Waals surface area contributed by atoms with Crippen LogP contribution >= 0.6 is 34.8 Å². The molecule has 0 saturated carbocycles. The van der Waals surface area contributed by atoms with Gasteiger partial charge in [-0.15, -0.1) is 0 Å². The van der Waals surface area contributed by atoms with Crippen LogP contribution in [0.2, 0.25) is 15.3 Å². The summed E-state index contributed by atoms with van der Waals surface area (Å²) in [6.45, 7) is 0. The second-order valence-electron chi connectivity index (χ2n) is 3.26. The van der Waals surface area contributed by atoms with Crippen LogP contribution in [0.4, 0.5) is 5.82 Å². The maximum absolute atomic E-state index is 12.0. The maximum Gasteiger partial charge on any atom is 0.259 e. The molecule has 7 heteroatoms. The lowest BCUT2D eigenvalue weighted by molar-refractivity contribution is 0.102. The molecule has 0 radical (unpaired) electrons. The van der Waals surface area contributed by atoms with E-state index in [1.165, 1.54) is 12.3 Å². The number of anilines is 1. The predicted molar refractivity (Wildman–Crippen MR) is 71.5 cm³/mol. The van der Waals surface area contributed by atoms with Gasteiger partial charge in [0.15, 0.2) is 0 Å². The predicted octanol–water partition coefficient (Wildman–Crippen LogP) is 3.69. The van der Waals surface area contributed by atoms with Crippen LogP contribution in [0.25, 0.3) is 0 Å². The number of benzene rings is 1. The fourth-order valence-corrected chi connectivity index (χ4v) is 2.01. The van der Waals surface area contributed by atoms with Crippen LogP contribution in [-0.4, -0.2) is 15.9 Å². The van der Waals surface area contributed by atoms with E-state index in [0.29, 0.717) is 0 Å². The monoisotopic (exact) mass is 301 g/mol. The van der Waals surface area contributed by atoms with Gasteiger partial charge in [0.2, 0.25) is 5.28 Å². The average Bonchev–Trinajstić information content (AvgIpc) is 2.28. The molecule has 1 heterocycles. The highest BCUT2D eigenvalue weighted by Crippen LogP contribution is 2.25. The first kappa shape index (κ1) is 13.1. The SMILES string of the molecule is O=C(Nc1ccnc(Cl)n1)c1c(Cl)cccc1Cl. The lowest BCUT2D eigenvalue weighted by Gasteiger charge is -2.07. The van der Waals surface area contributed by atoms with Gasteiger partial charge in [-0.05, 0) is 29.8 Å². The highest BCUT2D eigenvalue weighted by Gasteiger charge is 2.15. The summed E-state index contributed by atoms with van der Waals surface area (Å²) in [5, 5.41) is 3.11. The van der Waals surface area contributed by atoms with Gasteiger partial charge in [0, 0.05) is 6.20 Å². The Labute approximate surface area is 118 Å². The summed E-state index contributed by atoms with van der Waals surface area (Å²) in [6.07, 6.45) is 1.43. The first-order valence-electron chi connectivity index (χ1n) is 4.82. The molecule has 0 aliphatic rings. The van der Waals surface area contributed by atoms with Crippen LogP contribution in [0.1, 0.15) is 10.4 Å². The molecular weight excluding hydrogens is 296 g/mol. The molecule has 0 spiro atoms. The third kappa shape index (κ3) is 2.90. The van der Waals surface area contributed by atoms with Gasteiger partial charge in [-0.25, -0.2) is 9.97 Å². The van der Waals surface area contributed by atoms with Crippen LogP contribution in [-0.2, 0) is 0 Å². The molecule has 4 nitrogen and oxygen atoms in total. The molecule has 0 atom stereocenters. The number of carbonyl (C=O) groups excluding carboxylic acids is 1. The molecule has 0 unspecified atom stereocenters. The summed E-state index contributed by atoms with van der Waals surface area (Å²) in [6, 6.07) is 6.32. The molecule has 1 amide bonds. The third-order valence-corrected chi connectivity index (χ3v) is 2.87. The van der Waals surface area contributed by atoms with Gasteiger partial charge in [-0.1, -0.05) is 29.3 Å². The topological polar surface area (TPSA) is 54.9 Å². The van der Waals surface area contributed by atoms with Gasteiger partial charge in [0.25, 0.3) is 5.91 Å². The zero-order chi connectivity index (χ0) is 13.1. The van der Waals surface area contributed by atoms with E-state index in [0.717, 1.165) is 0 Å². The summed E-state index contributed by atoms with van der Waals surface area (Å²) in [7, 11) is 0. The minimum atomic E-state index is -0.458. The molecule has 1 N–H and O–H groups in total. The van der Waals surface area contributed by atoms with E-state index in [4.69, 9.17) is 34.8 Å². The minimum Gasteiger partial charge on any atom is -0.306 e. The van der Waals surface area contributed by atoms with Crippen molar-refractivity contribution in [3.8, 4) is 0 Å².